The third-order valence-corrected chi connectivity index (χ3v) is 5.78. The average Bonchev–Trinajstić information content (AvgIpc) is 2.77. The van der Waals surface area contributed by atoms with Gasteiger partial charge in [-0.15, -0.1) is 0 Å². The molecule has 2 aromatic carbocycles. The molecule has 1 saturated heterocycles. The van der Waals surface area contributed by atoms with Crippen molar-refractivity contribution < 1.29 is 37.8 Å². The summed E-state index contributed by atoms with van der Waals surface area (Å²) < 4.78 is 35.8. The van der Waals surface area contributed by atoms with Crippen molar-refractivity contribution in [3.8, 4) is 0 Å². The van der Waals surface area contributed by atoms with Crippen LogP contribution in [0.2, 0.25) is 5.02 Å². The number of halogens is 3. The second kappa shape index (κ2) is 9.73. The number of alkyl halides is 1. The van der Waals surface area contributed by atoms with Crippen LogP contribution in [0.4, 0.5) is 13.6 Å². The molecule has 0 aromatic heterocycles. The Hall–Kier alpha value is -3.33. The quantitative estimate of drug-likeness (QED) is 0.549. The number of benzene rings is 2. The lowest BCUT2D eigenvalue weighted by Crippen LogP contribution is -2.49. The highest BCUT2D eigenvalue weighted by Gasteiger charge is 2.44. The fourth-order valence-corrected chi connectivity index (χ4v) is 3.86. The summed E-state index contributed by atoms with van der Waals surface area (Å²) >= 11 is 5.79. The molecular formula is C25H24ClF2NO6. The molecule has 186 valence electrons. The Morgan fingerprint density at radius 1 is 1.03 bits per heavy atom. The first-order chi connectivity index (χ1) is 16.2. The van der Waals surface area contributed by atoms with Gasteiger partial charge in [0.25, 0.3) is 0 Å². The summed E-state index contributed by atoms with van der Waals surface area (Å²) in [5.41, 5.74) is -5.21. The maximum atomic E-state index is 15.6. The molecule has 1 N–H and O–H groups in total. The van der Waals surface area contributed by atoms with Crippen molar-refractivity contribution in [2.45, 2.75) is 44.9 Å². The first-order valence-corrected chi connectivity index (χ1v) is 11.2. The second-order valence-electron chi connectivity index (χ2n) is 9.28. The van der Waals surface area contributed by atoms with Crippen molar-refractivity contribution in [1.82, 2.24) is 4.90 Å². The monoisotopic (exact) mass is 507 g/mol. The van der Waals surface area contributed by atoms with Gasteiger partial charge in [0.15, 0.2) is 17.2 Å². The fourth-order valence-electron chi connectivity index (χ4n) is 3.74. The molecular weight excluding hydrogens is 484 g/mol. The molecule has 0 unspecified atom stereocenters. The lowest BCUT2D eigenvalue weighted by atomic mass is 9.84. The largest absolute Gasteiger partial charge is 0.478 e. The maximum absolute atomic E-state index is 15.6. The third kappa shape index (κ3) is 5.85. The van der Waals surface area contributed by atoms with Crippen molar-refractivity contribution in [2.75, 3.05) is 13.1 Å². The highest BCUT2D eigenvalue weighted by Crippen LogP contribution is 2.33. The molecule has 7 nitrogen and oxygen atoms in total. The van der Waals surface area contributed by atoms with Crippen molar-refractivity contribution in [3.63, 3.8) is 0 Å². The van der Waals surface area contributed by atoms with Crippen LogP contribution in [0.3, 0.4) is 0 Å². The van der Waals surface area contributed by atoms with Gasteiger partial charge in [-0.2, -0.15) is 0 Å². The number of carbonyl (C=O) groups excluding carboxylic acids is 3. The van der Waals surface area contributed by atoms with Gasteiger partial charge in [-0.05, 0) is 57.2 Å². The molecule has 1 fully saturated rings. The highest BCUT2D eigenvalue weighted by molar-refractivity contribution is 6.30. The molecule has 0 saturated carbocycles. The minimum atomic E-state index is -2.44. The maximum Gasteiger partial charge on any atom is 0.410 e. The van der Waals surface area contributed by atoms with Crippen LogP contribution < -0.4 is 0 Å². The highest BCUT2D eigenvalue weighted by atomic mass is 35.5. The summed E-state index contributed by atoms with van der Waals surface area (Å²) in [6, 6.07) is 6.87. The summed E-state index contributed by atoms with van der Waals surface area (Å²) in [5, 5.41) is 9.92. The van der Waals surface area contributed by atoms with Crippen LogP contribution in [0.15, 0.2) is 36.4 Å². The van der Waals surface area contributed by atoms with Gasteiger partial charge in [0.1, 0.15) is 11.4 Å². The smallest absolute Gasteiger partial charge is 0.410 e. The number of Topliss-reactive ketones (excluding diaryl/α,β-unsaturated/α-hetero) is 1. The van der Waals surface area contributed by atoms with E-state index in [4.69, 9.17) is 16.3 Å². The van der Waals surface area contributed by atoms with Gasteiger partial charge in [-0.3, -0.25) is 9.59 Å². The van der Waals surface area contributed by atoms with Crippen molar-refractivity contribution >= 4 is 35.2 Å². The third-order valence-electron chi connectivity index (χ3n) is 5.53. The zero-order valence-electron chi connectivity index (χ0n) is 19.4. The van der Waals surface area contributed by atoms with Crippen LogP contribution in [0.25, 0.3) is 0 Å². The average molecular weight is 508 g/mol. The van der Waals surface area contributed by atoms with E-state index >= 15 is 8.78 Å². The Balaban J connectivity index is 1.87. The van der Waals surface area contributed by atoms with Crippen molar-refractivity contribution in [1.29, 1.82) is 0 Å². The molecule has 35 heavy (non-hydrogen) atoms. The number of rotatable bonds is 5. The number of piperidine rings is 1. The molecule has 0 bridgehead atoms. The van der Waals surface area contributed by atoms with Crippen LogP contribution in [-0.4, -0.2) is 58.0 Å². The fraction of sp³-hybridized carbons (Fsp3) is 0.360. The van der Waals surface area contributed by atoms with E-state index in [0.29, 0.717) is 11.1 Å². The molecule has 2 aromatic rings. The zero-order chi connectivity index (χ0) is 26.1. The van der Waals surface area contributed by atoms with E-state index in [2.05, 4.69) is 0 Å². The molecule has 0 aliphatic carbocycles. The topological polar surface area (TPSA) is 101 Å². The predicted octanol–water partition coefficient (Wildman–Crippen LogP) is 5.33. The number of likely N-dealkylation sites (tertiary alicyclic amines) is 1. The molecule has 1 heterocycles. The van der Waals surface area contributed by atoms with E-state index in [0.717, 1.165) is 6.07 Å². The number of carboxylic acids is 1. The Bertz CT molecular complexity index is 1180. The number of ketones is 2. The molecule has 3 rings (SSSR count). The van der Waals surface area contributed by atoms with E-state index in [1.165, 1.54) is 29.2 Å². The Labute approximate surface area is 205 Å². The molecule has 1 amide bonds. The SMILES string of the molecule is CC(C)(C)OC(=O)N1CCC(F)(C(=O)c2cc(F)c(C(=O)c3ccc(Cl)cc3)c(C(=O)O)c2)CC1. The molecule has 1 aliphatic rings. The summed E-state index contributed by atoms with van der Waals surface area (Å²) in [5.74, 6) is -4.95. The molecule has 1 aliphatic heterocycles. The molecule has 0 spiro atoms. The zero-order valence-corrected chi connectivity index (χ0v) is 20.1. The summed E-state index contributed by atoms with van der Waals surface area (Å²) in [4.78, 5) is 51.1. The predicted molar refractivity (Wildman–Crippen MR) is 123 cm³/mol. The number of aromatic carboxylic acids is 1. The number of carbonyl (C=O) groups is 4. The van der Waals surface area contributed by atoms with E-state index in [1.54, 1.807) is 20.8 Å². The number of hydrogen-bond acceptors (Lipinski definition) is 5. The second-order valence-corrected chi connectivity index (χ2v) is 9.72. The van der Waals surface area contributed by atoms with E-state index < -0.39 is 57.4 Å². The van der Waals surface area contributed by atoms with E-state index in [9.17, 15) is 24.3 Å². The summed E-state index contributed by atoms with van der Waals surface area (Å²) in [6.07, 6.45) is -1.39. The summed E-state index contributed by atoms with van der Waals surface area (Å²) in [6.45, 7) is 4.84. The van der Waals surface area contributed by atoms with Gasteiger partial charge in [0, 0.05) is 42.1 Å². The normalized spacial score (nSPS) is 15.4. The lowest BCUT2D eigenvalue weighted by Gasteiger charge is -2.36. The van der Waals surface area contributed by atoms with Gasteiger partial charge in [-0.25, -0.2) is 18.4 Å². The van der Waals surface area contributed by atoms with Crippen LogP contribution in [0.1, 0.15) is 70.3 Å². The van der Waals surface area contributed by atoms with Crippen molar-refractivity contribution in [2.24, 2.45) is 0 Å². The van der Waals surface area contributed by atoms with E-state index in [-0.39, 0.29) is 31.5 Å². The minimum absolute atomic E-state index is 0.00801. The van der Waals surface area contributed by atoms with Gasteiger partial charge < -0.3 is 14.7 Å². The van der Waals surface area contributed by atoms with Crippen LogP contribution in [-0.2, 0) is 4.74 Å². The number of carboxylic acid groups (broad SMARTS) is 1. The van der Waals surface area contributed by atoms with Crippen LogP contribution in [0.5, 0.6) is 0 Å². The van der Waals surface area contributed by atoms with Crippen LogP contribution >= 0.6 is 11.6 Å². The Morgan fingerprint density at radius 3 is 2.11 bits per heavy atom. The number of ether oxygens (including phenoxy) is 1. The lowest BCUT2D eigenvalue weighted by molar-refractivity contribution is 0.00498. The Morgan fingerprint density at radius 2 is 1.60 bits per heavy atom. The molecule has 0 atom stereocenters. The minimum Gasteiger partial charge on any atom is -0.478 e. The number of hydrogen-bond donors (Lipinski definition) is 1. The van der Waals surface area contributed by atoms with Crippen LogP contribution in [0, 0.1) is 5.82 Å². The van der Waals surface area contributed by atoms with Gasteiger partial charge in [0.2, 0.25) is 0 Å². The van der Waals surface area contributed by atoms with Crippen molar-refractivity contribution in [3.05, 3.63) is 69.5 Å². The number of nitrogens with zero attached hydrogens (tertiary/aromatic N) is 1. The summed E-state index contributed by atoms with van der Waals surface area (Å²) in [7, 11) is 0. The standard InChI is InChI=1S/C25H24ClF2NO6/c1-24(2,3)35-23(34)29-10-8-25(28,9-11-29)21(31)15-12-17(22(32)33)19(18(27)13-15)20(30)14-4-6-16(26)7-5-14/h4-7,12-13H,8-11H2,1-3H3,(H,32,33). The Kier molecular flexibility index (Phi) is 7.31. The van der Waals surface area contributed by atoms with Gasteiger partial charge in [0.05, 0.1) is 11.1 Å². The first kappa shape index (κ1) is 26.3. The molecule has 0 radical (unpaired) electrons. The van der Waals surface area contributed by atoms with E-state index in [1.807, 2.05) is 0 Å². The van der Waals surface area contributed by atoms with Gasteiger partial charge >= 0.3 is 12.1 Å². The number of amides is 1. The first-order valence-electron chi connectivity index (χ1n) is 10.8. The molecule has 10 heteroatoms. The van der Waals surface area contributed by atoms with Gasteiger partial charge in [-0.1, -0.05) is 11.6 Å².